The highest BCUT2D eigenvalue weighted by Crippen LogP contribution is 2.29. The van der Waals surface area contributed by atoms with E-state index in [1.54, 1.807) is 17.8 Å². The van der Waals surface area contributed by atoms with Crippen molar-refractivity contribution < 1.29 is 8.42 Å². The Morgan fingerprint density at radius 3 is 2.89 bits per heavy atom. The van der Waals surface area contributed by atoms with Crippen molar-refractivity contribution in [2.24, 2.45) is 0 Å². The largest absolute Gasteiger partial charge is 0.399 e. The molecule has 0 radical (unpaired) electrons. The minimum absolute atomic E-state index is 0.100. The number of sulfonamides is 1. The molecule has 1 fully saturated rings. The fourth-order valence-corrected chi connectivity index (χ4v) is 5.12. The molecule has 1 aliphatic rings. The number of anilines is 1. The van der Waals surface area contributed by atoms with Crippen LogP contribution in [0.25, 0.3) is 0 Å². The second-order valence-electron chi connectivity index (χ2n) is 4.23. The fraction of sp³-hybridized carbons (Fsp3) is 0.455. The lowest BCUT2D eigenvalue weighted by atomic mass is 10.3. The van der Waals surface area contributed by atoms with Gasteiger partial charge in [0, 0.05) is 29.8 Å². The second-order valence-corrected chi connectivity index (χ2v) is 8.09. The zero-order valence-corrected chi connectivity index (χ0v) is 12.4. The molecular formula is C11H15ClN2O2S2. The average molecular weight is 307 g/mol. The van der Waals surface area contributed by atoms with Crippen LogP contribution in [-0.2, 0) is 10.0 Å². The van der Waals surface area contributed by atoms with Crippen molar-refractivity contribution in [3.05, 3.63) is 23.2 Å². The molecular weight excluding hydrogens is 292 g/mol. The maximum absolute atomic E-state index is 12.5. The first-order chi connectivity index (χ1) is 8.41. The van der Waals surface area contributed by atoms with E-state index in [2.05, 4.69) is 0 Å². The zero-order chi connectivity index (χ0) is 13.3. The van der Waals surface area contributed by atoms with Crippen LogP contribution in [0.5, 0.6) is 0 Å². The van der Waals surface area contributed by atoms with Crippen LogP contribution in [0.1, 0.15) is 6.92 Å². The molecule has 100 valence electrons. The predicted octanol–water partition coefficient (Wildman–Crippen LogP) is 2.05. The smallest absolute Gasteiger partial charge is 0.244 e. The third-order valence-electron chi connectivity index (χ3n) is 2.78. The van der Waals surface area contributed by atoms with Crippen LogP contribution in [0.4, 0.5) is 5.69 Å². The molecule has 4 nitrogen and oxygen atoms in total. The lowest BCUT2D eigenvalue weighted by Crippen LogP contribution is -2.41. The number of benzene rings is 1. The highest BCUT2D eigenvalue weighted by Gasteiger charge is 2.30. The number of nitrogens with two attached hydrogens (primary N) is 1. The van der Waals surface area contributed by atoms with E-state index in [0.29, 0.717) is 24.0 Å². The number of nitrogen functional groups attached to an aromatic ring is 1. The van der Waals surface area contributed by atoms with Gasteiger partial charge in [0.15, 0.2) is 0 Å². The summed E-state index contributed by atoms with van der Waals surface area (Å²) in [5.41, 5.74) is 6.04. The van der Waals surface area contributed by atoms with Gasteiger partial charge in [0.05, 0.1) is 5.02 Å². The van der Waals surface area contributed by atoms with Crippen molar-refractivity contribution in [1.82, 2.24) is 4.31 Å². The summed E-state index contributed by atoms with van der Waals surface area (Å²) in [5, 5.41) is 0.517. The molecule has 18 heavy (non-hydrogen) atoms. The molecule has 1 heterocycles. The number of halogens is 1. The van der Waals surface area contributed by atoms with E-state index in [-0.39, 0.29) is 9.92 Å². The summed E-state index contributed by atoms with van der Waals surface area (Å²) in [5.74, 6) is 0.806. The molecule has 1 aromatic rings. The molecule has 0 aliphatic carbocycles. The molecule has 0 aromatic heterocycles. The van der Waals surface area contributed by atoms with E-state index < -0.39 is 10.0 Å². The van der Waals surface area contributed by atoms with Crippen molar-refractivity contribution in [3.63, 3.8) is 0 Å². The quantitative estimate of drug-likeness (QED) is 0.849. The van der Waals surface area contributed by atoms with Crippen molar-refractivity contribution >= 4 is 39.1 Å². The number of nitrogens with zero attached hydrogens (tertiary/aromatic N) is 1. The summed E-state index contributed by atoms with van der Waals surface area (Å²) >= 11 is 7.75. The van der Waals surface area contributed by atoms with Crippen LogP contribution in [0, 0.1) is 0 Å². The number of thioether (sulfide) groups is 1. The summed E-state index contributed by atoms with van der Waals surface area (Å²) in [6.07, 6.45) is 0. The number of hydrogen-bond donors (Lipinski definition) is 1. The Labute approximate surface area is 117 Å². The number of rotatable bonds is 2. The van der Waals surface area contributed by atoms with Gasteiger partial charge >= 0.3 is 0 Å². The molecule has 2 rings (SSSR count). The zero-order valence-electron chi connectivity index (χ0n) is 9.97. The van der Waals surface area contributed by atoms with Crippen LogP contribution >= 0.6 is 23.4 Å². The van der Waals surface area contributed by atoms with E-state index in [0.717, 1.165) is 5.75 Å². The average Bonchev–Trinajstić information content (AvgIpc) is 2.32. The standard InChI is InChI=1S/C11H15ClN2O2S2/c1-8-7-14(4-5-17-8)18(15,16)11-6-9(13)2-3-10(11)12/h2-3,6,8H,4-5,7,13H2,1H3. The first-order valence-electron chi connectivity index (χ1n) is 5.58. The molecule has 0 bridgehead atoms. The van der Waals surface area contributed by atoms with Gasteiger partial charge in [0.2, 0.25) is 10.0 Å². The van der Waals surface area contributed by atoms with E-state index >= 15 is 0 Å². The van der Waals surface area contributed by atoms with Crippen LogP contribution in [0.3, 0.4) is 0 Å². The van der Waals surface area contributed by atoms with E-state index in [9.17, 15) is 8.42 Å². The van der Waals surface area contributed by atoms with Crippen molar-refractivity contribution in [1.29, 1.82) is 0 Å². The maximum atomic E-state index is 12.5. The highest BCUT2D eigenvalue weighted by molar-refractivity contribution is 8.00. The minimum atomic E-state index is -3.54. The lowest BCUT2D eigenvalue weighted by molar-refractivity contribution is 0.424. The second kappa shape index (κ2) is 5.28. The van der Waals surface area contributed by atoms with Gasteiger partial charge in [-0.05, 0) is 18.2 Å². The molecule has 0 saturated carbocycles. The van der Waals surface area contributed by atoms with Gasteiger partial charge in [-0.15, -0.1) is 0 Å². The van der Waals surface area contributed by atoms with Gasteiger partial charge in [0.25, 0.3) is 0 Å². The van der Waals surface area contributed by atoms with Crippen molar-refractivity contribution in [3.8, 4) is 0 Å². The number of hydrogen-bond acceptors (Lipinski definition) is 4. The van der Waals surface area contributed by atoms with Crippen LogP contribution < -0.4 is 5.73 Å². The van der Waals surface area contributed by atoms with Crippen molar-refractivity contribution in [2.75, 3.05) is 24.6 Å². The van der Waals surface area contributed by atoms with E-state index in [4.69, 9.17) is 17.3 Å². The van der Waals surface area contributed by atoms with Gasteiger partial charge in [-0.3, -0.25) is 0 Å². The Morgan fingerprint density at radius 2 is 2.22 bits per heavy atom. The summed E-state index contributed by atoms with van der Waals surface area (Å²) in [6, 6.07) is 4.53. The van der Waals surface area contributed by atoms with Gasteiger partial charge in [-0.1, -0.05) is 18.5 Å². The van der Waals surface area contributed by atoms with Gasteiger partial charge in [0.1, 0.15) is 4.90 Å². The summed E-state index contributed by atoms with van der Waals surface area (Å²) in [7, 11) is -3.54. The van der Waals surface area contributed by atoms with E-state index in [1.807, 2.05) is 6.92 Å². The Balaban J connectivity index is 2.38. The molecule has 1 aromatic carbocycles. The maximum Gasteiger partial charge on any atom is 0.244 e. The Morgan fingerprint density at radius 1 is 1.50 bits per heavy atom. The van der Waals surface area contributed by atoms with Crippen LogP contribution in [-0.4, -0.2) is 36.8 Å². The Kier molecular flexibility index (Phi) is 4.11. The van der Waals surface area contributed by atoms with Gasteiger partial charge < -0.3 is 5.73 Å². The van der Waals surface area contributed by atoms with Crippen LogP contribution in [0.15, 0.2) is 23.1 Å². The summed E-state index contributed by atoms with van der Waals surface area (Å²) < 4.78 is 26.4. The molecule has 1 saturated heterocycles. The van der Waals surface area contributed by atoms with Crippen molar-refractivity contribution in [2.45, 2.75) is 17.1 Å². The normalized spacial score (nSPS) is 22.0. The minimum Gasteiger partial charge on any atom is -0.399 e. The third-order valence-corrected chi connectivity index (χ3v) is 6.26. The predicted molar refractivity (Wildman–Crippen MR) is 76.5 cm³/mol. The molecule has 7 heteroatoms. The van der Waals surface area contributed by atoms with Crippen LogP contribution in [0.2, 0.25) is 5.02 Å². The fourth-order valence-electron chi connectivity index (χ4n) is 1.86. The molecule has 2 N–H and O–H groups in total. The lowest BCUT2D eigenvalue weighted by Gasteiger charge is -2.30. The molecule has 0 amide bonds. The highest BCUT2D eigenvalue weighted by atomic mass is 35.5. The Hall–Kier alpha value is -0.430. The van der Waals surface area contributed by atoms with Gasteiger partial charge in [-0.25, -0.2) is 8.42 Å². The third kappa shape index (κ3) is 2.77. The first-order valence-corrected chi connectivity index (χ1v) is 8.44. The molecule has 1 atom stereocenters. The first kappa shape index (κ1) is 14.0. The summed E-state index contributed by atoms with van der Waals surface area (Å²) in [6.45, 7) is 3.05. The van der Waals surface area contributed by atoms with E-state index in [1.165, 1.54) is 16.4 Å². The van der Waals surface area contributed by atoms with Gasteiger partial charge in [-0.2, -0.15) is 16.1 Å². The molecule has 1 unspecified atom stereocenters. The monoisotopic (exact) mass is 306 g/mol. The Bertz CT molecular complexity index is 548. The molecule has 0 spiro atoms. The SMILES string of the molecule is CC1CN(S(=O)(=O)c2cc(N)ccc2Cl)CCS1. The summed E-state index contributed by atoms with van der Waals surface area (Å²) in [4.78, 5) is 0.100. The molecule has 1 aliphatic heterocycles. The topological polar surface area (TPSA) is 63.4 Å².